The Morgan fingerprint density at radius 3 is 2.20 bits per heavy atom. The number of aromatic nitrogens is 5. The molecule has 0 N–H and O–H groups in total. The number of hydrogen-bond donors (Lipinski definition) is 0. The van der Waals surface area contributed by atoms with Crippen molar-refractivity contribution in [1.29, 1.82) is 0 Å². The molecule has 46 heavy (non-hydrogen) atoms. The van der Waals surface area contributed by atoms with Crippen LogP contribution in [0.4, 0.5) is 0 Å². The molecule has 3 aromatic carbocycles. The fraction of sp³-hybridized carbons (Fsp3) is 0.184. The van der Waals surface area contributed by atoms with Gasteiger partial charge in [-0.05, 0) is 74.7 Å². The third kappa shape index (κ3) is 5.21. The monoisotopic (exact) mass is 607 g/mol. The summed E-state index contributed by atoms with van der Waals surface area (Å²) in [4.78, 5) is 32.5. The molecule has 2 atom stereocenters. The predicted molar refractivity (Wildman–Crippen MR) is 178 cm³/mol. The Morgan fingerprint density at radius 1 is 0.870 bits per heavy atom. The highest BCUT2D eigenvalue weighted by molar-refractivity contribution is 6.11. The van der Waals surface area contributed by atoms with Crippen LogP contribution in [-0.2, 0) is 14.3 Å². The Balaban J connectivity index is 1.37. The molecule has 228 valence electrons. The molecule has 0 aliphatic heterocycles. The summed E-state index contributed by atoms with van der Waals surface area (Å²) in [6.07, 6.45) is 3.98. The molecule has 6 aromatic rings. The van der Waals surface area contributed by atoms with Crippen LogP contribution in [0, 0.1) is 19.8 Å². The van der Waals surface area contributed by atoms with Gasteiger partial charge in [-0.25, -0.2) is 14.3 Å². The highest BCUT2D eigenvalue weighted by Crippen LogP contribution is 2.44. The smallest absolute Gasteiger partial charge is 0.317 e. The van der Waals surface area contributed by atoms with Gasteiger partial charge in [0.05, 0.1) is 29.4 Å². The Hall–Kier alpha value is -5.63. The molecule has 0 radical (unpaired) electrons. The summed E-state index contributed by atoms with van der Waals surface area (Å²) in [5.41, 5.74) is 8.30. The van der Waals surface area contributed by atoms with Crippen LogP contribution in [0.2, 0.25) is 0 Å². The lowest BCUT2D eigenvalue weighted by Gasteiger charge is -2.29. The number of ketones is 1. The number of para-hydroxylation sites is 2. The minimum atomic E-state index is -1.00. The number of rotatable bonds is 7. The van der Waals surface area contributed by atoms with Crippen molar-refractivity contribution in [3.05, 3.63) is 132 Å². The predicted octanol–water partition coefficient (Wildman–Crippen LogP) is 7.21. The summed E-state index contributed by atoms with van der Waals surface area (Å²) < 4.78 is 9.16. The molecule has 8 nitrogen and oxygen atoms in total. The van der Waals surface area contributed by atoms with Crippen LogP contribution < -0.4 is 0 Å². The first-order valence-corrected chi connectivity index (χ1v) is 15.5. The summed E-state index contributed by atoms with van der Waals surface area (Å²) in [6.45, 7) is 5.86. The number of aryl methyl sites for hydroxylation is 2. The summed E-state index contributed by atoms with van der Waals surface area (Å²) >= 11 is 0. The Morgan fingerprint density at radius 2 is 1.52 bits per heavy atom. The van der Waals surface area contributed by atoms with Crippen molar-refractivity contribution < 1.29 is 14.3 Å². The summed E-state index contributed by atoms with van der Waals surface area (Å²) in [5, 5.41) is 10.7. The molecule has 1 aliphatic rings. The molecular formula is C38H33N5O3. The second-order valence-electron chi connectivity index (χ2n) is 11.5. The molecule has 0 spiro atoms. The van der Waals surface area contributed by atoms with Crippen molar-refractivity contribution in [1.82, 2.24) is 24.5 Å². The van der Waals surface area contributed by atoms with Gasteiger partial charge in [-0.15, -0.1) is 0 Å². The van der Waals surface area contributed by atoms with Gasteiger partial charge in [0.25, 0.3) is 0 Å². The van der Waals surface area contributed by atoms with Crippen molar-refractivity contribution in [3.63, 3.8) is 0 Å². The lowest BCUT2D eigenvalue weighted by Crippen LogP contribution is -2.34. The number of benzene rings is 3. The first-order chi connectivity index (χ1) is 22.4. The Bertz CT molecular complexity index is 2100. The number of carbonyl (C=O) groups is 2. The number of pyridine rings is 1. The van der Waals surface area contributed by atoms with E-state index in [4.69, 9.17) is 19.9 Å². The molecule has 0 fully saturated rings. The van der Waals surface area contributed by atoms with Gasteiger partial charge in [-0.2, -0.15) is 10.2 Å². The van der Waals surface area contributed by atoms with Gasteiger partial charge in [0.2, 0.25) is 0 Å². The van der Waals surface area contributed by atoms with Gasteiger partial charge in [-0.1, -0.05) is 66.7 Å². The van der Waals surface area contributed by atoms with E-state index in [9.17, 15) is 9.59 Å². The number of hydrogen-bond acceptors (Lipinski definition) is 6. The quantitative estimate of drug-likeness (QED) is 0.141. The second kappa shape index (κ2) is 12.0. The highest BCUT2D eigenvalue weighted by Gasteiger charge is 2.42. The second-order valence-corrected chi connectivity index (χ2v) is 11.5. The molecule has 3 aromatic heterocycles. The van der Waals surface area contributed by atoms with E-state index in [1.54, 1.807) is 13.0 Å². The van der Waals surface area contributed by atoms with Crippen molar-refractivity contribution >= 4 is 28.4 Å². The first kappa shape index (κ1) is 29.1. The Kier molecular flexibility index (Phi) is 7.62. The maximum absolute atomic E-state index is 14.0. The summed E-state index contributed by atoms with van der Waals surface area (Å²) in [6, 6.07) is 31.7. The van der Waals surface area contributed by atoms with E-state index < -0.39 is 17.8 Å². The van der Waals surface area contributed by atoms with Crippen molar-refractivity contribution in [2.45, 2.75) is 33.1 Å². The van der Waals surface area contributed by atoms with Crippen LogP contribution in [0.3, 0.4) is 0 Å². The van der Waals surface area contributed by atoms with Gasteiger partial charge < -0.3 is 4.74 Å². The fourth-order valence-corrected chi connectivity index (χ4v) is 6.40. The lowest BCUT2D eigenvalue weighted by atomic mass is 9.73. The molecule has 7 rings (SSSR count). The van der Waals surface area contributed by atoms with Crippen molar-refractivity contribution in [3.8, 4) is 22.6 Å². The maximum Gasteiger partial charge on any atom is 0.317 e. The van der Waals surface area contributed by atoms with Gasteiger partial charge in [0, 0.05) is 34.3 Å². The molecule has 2 unspecified atom stereocenters. The average Bonchev–Trinajstić information content (AvgIpc) is 3.67. The van der Waals surface area contributed by atoms with Crippen molar-refractivity contribution in [2.24, 2.45) is 5.92 Å². The van der Waals surface area contributed by atoms with Gasteiger partial charge in [0.15, 0.2) is 11.4 Å². The Labute approximate surface area is 267 Å². The zero-order valence-corrected chi connectivity index (χ0v) is 25.9. The first-order valence-electron chi connectivity index (χ1n) is 15.5. The molecule has 0 amide bonds. The van der Waals surface area contributed by atoms with E-state index in [1.165, 1.54) is 0 Å². The lowest BCUT2D eigenvalue weighted by molar-refractivity contribution is -0.151. The number of fused-ring (bicyclic) bond motifs is 1. The van der Waals surface area contributed by atoms with E-state index in [1.807, 2.05) is 120 Å². The van der Waals surface area contributed by atoms with Crippen LogP contribution in [0.5, 0.6) is 0 Å². The van der Waals surface area contributed by atoms with Gasteiger partial charge >= 0.3 is 5.97 Å². The molecule has 0 saturated heterocycles. The largest absolute Gasteiger partial charge is 0.465 e. The van der Waals surface area contributed by atoms with Crippen molar-refractivity contribution in [2.75, 3.05) is 6.61 Å². The zero-order chi connectivity index (χ0) is 31.8. The highest BCUT2D eigenvalue weighted by atomic mass is 16.5. The fourth-order valence-electron chi connectivity index (χ4n) is 6.40. The number of allylic oxidation sites excluding steroid dienone is 2. The van der Waals surface area contributed by atoms with Crippen LogP contribution in [0.25, 0.3) is 39.2 Å². The normalized spacial score (nSPS) is 16.4. The topological polar surface area (TPSA) is 91.9 Å². The number of carbonyl (C=O) groups excluding carboxylic acids is 2. The maximum atomic E-state index is 14.0. The third-order valence-electron chi connectivity index (χ3n) is 8.60. The molecule has 0 saturated carbocycles. The SMILES string of the molecule is CCOC(=O)C1C(=O)C=C(c2cc3c(C)nn(-c4ccccc4)c3nc2C)CC1c1cn(-c2ccccc2)nc1-c1ccccc1. The number of nitrogens with zero attached hydrogens (tertiary/aromatic N) is 5. The standard InChI is InChI=1S/C38H33N5O3/c1-4-46-38(45)35-32(33-23-42(28-16-10-6-11-17-28)41-36(33)26-14-8-5-9-15-26)20-27(21-34(35)44)30-22-31-25(3)40-43(37(31)39-24(30)2)29-18-12-7-13-19-29/h5-19,21-23,32,35H,4,20H2,1-3H3. The molecule has 3 heterocycles. The van der Waals surface area contributed by atoms with Gasteiger partial charge in [-0.3, -0.25) is 9.59 Å². The molecule has 1 aliphatic carbocycles. The van der Waals surface area contributed by atoms with E-state index in [0.717, 1.165) is 61.8 Å². The molecule has 0 bridgehead atoms. The van der Waals surface area contributed by atoms with Gasteiger partial charge in [0.1, 0.15) is 5.92 Å². The summed E-state index contributed by atoms with van der Waals surface area (Å²) in [5.74, 6) is -2.32. The van der Waals surface area contributed by atoms with E-state index >= 15 is 0 Å². The van der Waals surface area contributed by atoms with Crippen LogP contribution in [0.15, 0.2) is 109 Å². The zero-order valence-electron chi connectivity index (χ0n) is 25.9. The minimum absolute atomic E-state index is 0.186. The van der Waals surface area contributed by atoms with Crippen LogP contribution >= 0.6 is 0 Å². The average molecular weight is 608 g/mol. The summed E-state index contributed by atoms with van der Waals surface area (Å²) in [7, 11) is 0. The molecular weight excluding hydrogens is 574 g/mol. The number of esters is 1. The minimum Gasteiger partial charge on any atom is -0.465 e. The van der Waals surface area contributed by atoms with E-state index in [0.29, 0.717) is 6.42 Å². The number of ether oxygens (including phenoxy) is 1. The van der Waals surface area contributed by atoms with E-state index in [2.05, 4.69) is 6.07 Å². The molecule has 8 heteroatoms. The van der Waals surface area contributed by atoms with Crippen LogP contribution in [0.1, 0.15) is 41.8 Å². The van der Waals surface area contributed by atoms with Crippen LogP contribution in [-0.4, -0.2) is 42.9 Å². The third-order valence-corrected chi connectivity index (χ3v) is 8.60. The van der Waals surface area contributed by atoms with E-state index in [-0.39, 0.29) is 12.4 Å².